The van der Waals surface area contributed by atoms with Crippen LogP contribution < -0.4 is 0 Å². The van der Waals surface area contributed by atoms with Crippen molar-refractivity contribution >= 4 is 11.9 Å². The Morgan fingerprint density at radius 3 is 2.79 bits per heavy atom. The van der Waals surface area contributed by atoms with Crippen LogP contribution in [-0.2, 0) is 14.3 Å². The van der Waals surface area contributed by atoms with E-state index >= 15 is 0 Å². The van der Waals surface area contributed by atoms with Crippen LogP contribution in [0.1, 0.15) is 25.3 Å². The zero-order valence-corrected chi connectivity index (χ0v) is 11.1. The van der Waals surface area contributed by atoms with Crippen molar-refractivity contribution in [3.05, 3.63) is 35.9 Å². The molecule has 1 heterocycles. The van der Waals surface area contributed by atoms with Gasteiger partial charge in [-0.3, -0.25) is 0 Å². The van der Waals surface area contributed by atoms with E-state index in [9.17, 15) is 4.79 Å². The van der Waals surface area contributed by atoms with Crippen LogP contribution >= 0.6 is 0 Å². The fourth-order valence-corrected chi connectivity index (χ4v) is 2.85. The van der Waals surface area contributed by atoms with Gasteiger partial charge in [0.2, 0.25) is 12.0 Å². The lowest BCUT2D eigenvalue weighted by Gasteiger charge is -2.15. The second-order valence-corrected chi connectivity index (χ2v) is 5.10. The number of nitrogens with zero attached hydrogens (tertiary/aromatic N) is 1. The summed E-state index contributed by atoms with van der Waals surface area (Å²) in [6.07, 6.45) is 1.32. The molecule has 3 unspecified atom stereocenters. The molecule has 0 saturated heterocycles. The normalized spacial score (nSPS) is 31.8. The number of aliphatic imine (C=N–C) groups is 1. The van der Waals surface area contributed by atoms with Gasteiger partial charge in [-0.1, -0.05) is 31.5 Å². The maximum absolute atomic E-state index is 11.9. The van der Waals surface area contributed by atoms with E-state index in [0.29, 0.717) is 11.8 Å². The molecular weight excluding hydrogens is 242 g/mol. The number of benzene rings is 1. The van der Waals surface area contributed by atoms with Crippen molar-refractivity contribution in [3.63, 3.8) is 0 Å². The summed E-state index contributed by atoms with van der Waals surface area (Å²) in [5.74, 6) is 0.649. The van der Waals surface area contributed by atoms with E-state index in [1.807, 2.05) is 30.3 Å². The highest BCUT2D eigenvalue weighted by atomic mass is 16.6. The Bertz CT molecular complexity index is 525. The lowest BCUT2D eigenvalue weighted by Crippen LogP contribution is -2.35. The first-order valence-electron chi connectivity index (χ1n) is 6.61. The van der Waals surface area contributed by atoms with E-state index in [4.69, 9.17) is 14.5 Å². The van der Waals surface area contributed by atoms with Crippen molar-refractivity contribution in [3.8, 4) is 0 Å². The predicted octanol–water partition coefficient (Wildman–Crippen LogP) is 2.17. The van der Waals surface area contributed by atoms with E-state index in [2.05, 4.69) is 6.92 Å². The highest BCUT2D eigenvalue weighted by Crippen LogP contribution is 2.55. The van der Waals surface area contributed by atoms with Crippen LogP contribution in [0, 0.1) is 5.92 Å². The van der Waals surface area contributed by atoms with Crippen LogP contribution in [0.2, 0.25) is 0 Å². The molecule has 1 aromatic carbocycles. The van der Waals surface area contributed by atoms with Gasteiger partial charge in [-0.05, 0) is 24.5 Å². The van der Waals surface area contributed by atoms with Crippen molar-refractivity contribution in [1.29, 1.82) is 0 Å². The number of rotatable bonds is 3. The van der Waals surface area contributed by atoms with E-state index in [1.165, 1.54) is 7.11 Å². The third-order valence-corrected chi connectivity index (χ3v) is 4.04. The molecule has 0 aromatic heterocycles. The van der Waals surface area contributed by atoms with Crippen molar-refractivity contribution in [2.75, 3.05) is 7.11 Å². The van der Waals surface area contributed by atoms with Crippen molar-refractivity contribution in [2.45, 2.75) is 31.4 Å². The molecule has 1 saturated carbocycles. The third-order valence-electron chi connectivity index (χ3n) is 4.04. The summed E-state index contributed by atoms with van der Waals surface area (Å²) in [7, 11) is 1.39. The van der Waals surface area contributed by atoms with Gasteiger partial charge < -0.3 is 9.47 Å². The van der Waals surface area contributed by atoms with Crippen molar-refractivity contribution < 1.29 is 14.3 Å². The fourth-order valence-electron chi connectivity index (χ4n) is 2.85. The fraction of sp³-hybridized carbons (Fsp3) is 0.467. The molecule has 4 nitrogen and oxygen atoms in total. The number of ether oxygens (including phenoxy) is 2. The van der Waals surface area contributed by atoms with Gasteiger partial charge in [0.15, 0.2) is 0 Å². The van der Waals surface area contributed by atoms with Crippen LogP contribution in [0.15, 0.2) is 35.3 Å². The second-order valence-electron chi connectivity index (χ2n) is 5.10. The van der Waals surface area contributed by atoms with Crippen LogP contribution in [0.3, 0.4) is 0 Å². The lowest BCUT2D eigenvalue weighted by molar-refractivity contribution is -0.150. The van der Waals surface area contributed by atoms with Gasteiger partial charge in [0, 0.05) is 5.56 Å². The largest absolute Gasteiger partial charge is 0.466 e. The first kappa shape index (κ1) is 12.2. The van der Waals surface area contributed by atoms with Crippen LogP contribution in [-0.4, -0.2) is 30.6 Å². The Morgan fingerprint density at radius 1 is 1.47 bits per heavy atom. The molecule has 4 heteroatoms. The molecular formula is C15H17NO3. The van der Waals surface area contributed by atoms with E-state index in [-0.39, 0.29) is 11.5 Å². The minimum atomic E-state index is -0.586. The molecule has 3 rings (SSSR count). The molecule has 1 fully saturated rings. The van der Waals surface area contributed by atoms with Crippen molar-refractivity contribution in [1.82, 2.24) is 0 Å². The smallest absolute Gasteiger partial charge is 0.349 e. The summed E-state index contributed by atoms with van der Waals surface area (Å²) in [5.41, 5.74) is 0.530. The molecule has 0 radical (unpaired) electrons. The number of esters is 1. The summed E-state index contributed by atoms with van der Waals surface area (Å²) >= 11 is 0. The predicted molar refractivity (Wildman–Crippen MR) is 71.0 cm³/mol. The van der Waals surface area contributed by atoms with E-state index in [1.54, 1.807) is 0 Å². The Labute approximate surface area is 112 Å². The maximum atomic E-state index is 11.9. The highest BCUT2D eigenvalue weighted by Gasteiger charge is 2.66. The molecule has 1 aromatic rings. The summed E-state index contributed by atoms with van der Waals surface area (Å²) in [6.45, 7) is 2.11. The Kier molecular flexibility index (Phi) is 2.81. The standard InChI is InChI=1S/C15H17NO3/c1-3-11-9-15(11)12(14(17)18-2)19-13(16-15)10-7-5-4-6-8-10/h4-8,11-12H,3,9H2,1-2H3. The Morgan fingerprint density at radius 2 is 2.21 bits per heavy atom. The Hall–Kier alpha value is -1.84. The van der Waals surface area contributed by atoms with Crippen LogP contribution in [0.25, 0.3) is 0 Å². The number of carbonyl (C=O) groups excluding carboxylic acids is 1. The highest BCUT2D eigenvalue weighted by molar-refractivity contribution is 5.99. The van der Waals surface area contributed by atoms with E-state index in [0.717, 1.165) is 18.4 Å². The van der Waals surface area contributed by atoms with Gasteiger partial charge in [-0.25, -0.2) is 9.79 Å². The molecule has 19 heavy (non-hydrogen) atoms. The average Bonchev–Trinajstić information content (AvgIpc) is 3.02. The molecule has 100 valence electrons. The van der Waals surface area contributed by atoms with Gasteiger partial charge >= 0.3 is 5.97 Å². The van der Waals surface area contributed by atoms with Gasteiger partial charge in [0.25, 0.3) is 0 Å². The molecule has 0 amide bonds. The molecule has 1 spiro atoms. The minimum Gasteiger partial charge on any atom is -0.466 e. The quantitative estimate of drug-likeness (QED) is 0.782. The zero-order chi connectivity index (χ0) is 13.5. The van der Waals surface area contributed by atoms with Crippen LogP contribution in [0.4, 0.5) is 0 Å². The van der Waals surface area contributed by atoms with Crippen molar-refractivity contribution in [2.24, 2.45) is 10.9 Å². The molecule has 2 aliphatic rings. The van der Waals surface area contributed by atoms with Gasteiger partial charge in [0.1, 0.15) is 5.54 Å². The number of carbonyl (C=O) groups is 1. The van der Waals surface area contributed by atoms with Crippen LogP contribution in [0.5, 0.6) is 0 Å². The molecule has 3 atom stereocenters. The average molecular weight is 259 g/mol. The van der Waals surface area contributed by atoms with E-state index < -0.39 is 6.10 Å². The number of methoxy groups -OCH3 is 1. The SMILES string of the molecule is CCC1CC12N=C(c1ccccc1)OC2C(=O)OC. The molecule has 0 N–H and O–H groups in total. The minimum absolute atomic E-state index is 0.328. The summed E-state index contributed by atoms with van der Waals surface area (Å²) in [4.78, 5) is 16.6. The summed E-state index contributed by atoms with van der Waals surface area (Å²) in [6, 6.07) is 9.69. The topological polar surface area (TPSA) is 47.9 Å². The lowest BCUT2D eigenvalue weighted by atomic mass is 10.1. The summed E-state index contributed by atoms with van der Waals surface area (Å²) < 4.78 is 10.6. The summed E-state index contributed by atoms with van der Waals surface area (Å²) in [5, 5.41) is 0. The first-order chi connectivity index (χ1) is 9.21. The maximum Gasteiger partial charge on any atom is 0.349 e. The molecule has 0 bridgehead atoms. The zero-order valence-electron chi connectivity index (χ0n) is 11.1. The first-order valence-corrected chi connectivity index (χ1v) is 6.61. The molecule has 1 aliphatic carbocycles. The van der Waals surface area contributed by atoms with Gasteiger partial charge in [-0.2, -0.15) is 0 Å². The van der Waals surface area contributed by atoms with Gasteiger partial charge in [-0.15, -0.1) is 0 Å². The van der Waals surface area contributed by atoms with Gasteiger partial charge in [0.05, 0.1) is 7.11 Å². The Balaban J connectivity index is 1.92. The number of hydrogen-bond acceptors (Lipinski definition) is 4. The number of hydrogen-bond donors (Lipinski definition) is 0. The molecule has 1 aliphatic heterocycles. The third kappa shape index (κ3) is 1.82. The second kappa shape index (κ2) is 4.37. The monoisotopic (exact) mass is 259 g/mol.